The SMILES string of the molecule is COc1cc(/C=C/c2ccc(OC(F)F)c(O)c2)cc(OC)c1OC. The van der Waals surface area contributed by atoms with Crippen LogP contribution in [-0.2, 0) is 0 Å². The van der Waals surface area contributed by atoms with Gasteiger partial charge in [-0.15, -0.1) is 0 Å². The van der Waals surface area contributed by atoms with Crippen molar-refractivity contribution >= 4 is 12.2 Å². The smallest absolute Gasteiger partial charge is 0.387 e. The van der Waals surface area contributed by atoms with Gasteiger partial charge in [-0.1, -0.05) is 18.2 Å². The zero-order valence-corrected chi connectivity index (χ0v) is 14.0. The van der Waals surface area contributed by atoms with Gasteiger partial charge >= 0.3 is 6.61 Å². The number of ether oxygens (including phenoxy) is 4. The summed E-state index contributed by atoms with van der Waals surface area (Å²) in [6.45, 7) is -2.99. The van der Waals surface area contributed by atoms with E-state index in [4.69, 9.17) is 14.2 Å². The summed E-state index contributed by atoms with van der Waals surface area (Å²) in [5.74, 6) is 0.843. The average molecular weight is 352 g/mol. The fourth-order valence-corrected chi connectivity index (χ4v) is 2.22. The minimum Gasteiger partial charge on any atom is -0.504 e. The molecule has 5 nitrogen and oxygen atoms in total. The van der Waals surface area contributed by atoms with Crippen molar-refractivity contribution < 1.29 is 32.8 Å². The molecule has 0 aliphatic rings. The second-order valence-electron chi connectivity index (χ2n) is 4.90. The van der Waals surface area contributed by atoms with Crippen LogP contribution in [0.1, 0.15) is 11.1 Å². The van der Waals surface area contributed by atoms with E-state index in [0.29, 0.717) is 22.8 Å². The molecule has 1 N–H and O–H groups in total. The lowest BCUT2D eigenvalue weighted by atomic mass is 10.1. The molecule has 25 heavy (non-hydrogen) atoms. The second-order valence-corrected chi connectivity index (χ2v) is 4.90. The third kappa shape index (κ3) is 4.53. The number of methoxy groups -OCH3 is 3. The number of halogens is 2. The molecule has 0 saturated carbocycles. The van der Waals surface area contributed by atoms with E-state index in [1.54, 1.807) is 30.4 Å². The van der Waals surface area contributed by atoms with Crippen LogP contribution in [0.25, 0.3) is 12.2 Å². The minimum atomic E-state index is -2.99. The Balaban J connectivity index is 2.28. The Labute approximate surface area is 144 Å². The predicted molar refractivity (Wildman–Crippen MR) is 89.8 cm³/mol. The van der Waals surface area contributed by atoms with Crippen LogP contribution in [0.3, 0.4) is 0 Å². The largest absolute Gasteiger partial charge is 0.504 e. The molecule has 0 aliphatic heterocycles. The van der Waals surface area contributed by atoms with Crippen LogP contribution in [-0.4, -0.2) is 33.0 Å². The van der Waals surface area contributed by atoms with Crippen molar-refractivity contribution in [3.63, 3.8) is 0 Å². The highest BCUT2D eigenvalue weighted by Crippen LogP contribution is 2.38. The minimum absolute atomic E-state index is 0.278. The maximum absolute atomic E-state index is 12.2. The van der Waals surface area contributed by atoms with Crippen LogP contribution in [0.2, 0.25) is 0 Å². The Morgan fingerprint density at radius 1 is 0.840 bits per heavy atom. The topological polar surface area (TPSA) is 57.2 Å². The number of rotatable bonds is 7. The lowest BCUT2D eigenvalue weighted by Crippen LogP contribution is -2.01. The predicted octanol–water partition coefficient (Wildman–Crippen LogP) is 4.19. The van der Waals surface area contributed by atoms with Gasteiger partial charge in [-0.25, -0.2) is 0 Å². The Hall–Kier alpha value is -2.96. The van der Waals surface area contributed by atoms with E-state index in [1.807, 2.05) is 0 Å². The average Bonchev–Trinajstić information content (AvgIpc) is 2.60. The number of phenols is 1. The summed E-state index contributed by atoms with van der Waals surface area (Å²) in [5, 5.41) is 9.72. The van der Waals surface area contributed by atoms with Crippen LogP contribution in [0.15, 0.2) is 30.3 Å². The molecule has 134 valence electrons. The van der Waals surface area contributed by atoms with Gasteiger partial charge in [-0.05, 0) is 35.4 Å². The van der Waals surface area contributed by atoms with Crippen LogP contribution < -0.4 is 18.9 Å². The molecule has 0 amide bonds. The van der Waals surface area contributed by atoms with Gasteiger partial charge in [0.2, 0.25) is 5.75 Å². The first-order valence-corrected chi connectivity index (χ1v) is 7.24. The standard InChI is InChI=1S/C18H18F2O5/c1-22-15-9-12(10-16(23-2)17(15)24-3)5-4-11-6-7-14(13(21)8-11)25-18(19)20/h4-10,18,21H,1-3H3/b5-4+. The highest BCUT2D eigenvalue weighted by atomic mass is 19.3. The maximum atomic E-state index is 12.2. The fourth-order valence-electron chi connectivity index (χ4n) is 2.22. The number of aromatic hydroxyl groups is 1. The van der Waals surface area contributed by atoms with E-state index in [9.17, 15) is 13.9 Å². The summed E-state index contributed by atoms with van der Waals surface area (Å²) in [4.78, 5) is 0. The molecule has 0 aliphatic carbocycles. The Bertz CT molecular complexity index is 734. The summed E-state index contributed by atoms with van der Waals surface area (Å²) in [5.41, 5.74) is 1.37. The monoisotopic (exact) mass is 352 g/mol. The highest BCUT2D eigenvalue weighted by molar-refractivity contribution is 5.73. The van der Waals surface area contributed by atoms with Crippen molar-refractivity contribution in [1.29, 1.82) is 0 Å². The van der Waals surface area contributed by atoms with Crippen LogP contribution in [0, 0.1) is 0 Å². The van der Waals surface area contributed by atoms with E-state index >= 15 is 0 Å². The number of phenolic OH excluding ortho intramolecular Hbond substituents is 1. The quantitative estimate of drug-likeness (QED) is 0.757. The molecule has 2 aromatic carbocycles. The van der Waals surface area contributed by atoms with E-state index in [-0.39, 0.29) is 11.5 Å². The van der Waals surface area contributed by atoms with Crippen LogP contribution in [0.4, 0.5) is 8.78 Å². The number of hydrogen-bond acceptors (Lipinski definition) is 5. The molecule has 0 bridgehead atoms. The molecule has 2 aromatic rings. The van der Waals surface area contributed by atoms with E-state index in [2.05, 4.69) is 4.74 Å². The second kappa shape index (κ2) is 8.23. The Morgan fingerprint density at radius 2 is 1.44 bits per heavy atom. The molecule has 0 radical (unpaired) electrons. The molecule has 0 fully saturated rings. The third-order valence-electron chi connectivity index (χ3n) is 3.35. The van der Waals surface area contributed by atoms with Gasteiger partial charge in [-0.2, -0.15) is 8.78 Å². The number of benzene rings is 2. The van der Waals surface area contributed by atoms with Gasteiger partial charge in [0.15, 0.2) is 23.0 Å². The lowest BCUT2D eigenvalue weighted by molar-refractivity contribution is -0.0512. The van der Waals surface area contributed by atoms with Crippen LogP contribution >= 0.6 is 0 Å². The number of hydrogen-bond donors (Lipinski definition) is 1. The van der Waals surface area contributed by atoms with Crippen molar-refractivity contribution in [2.75, 3.05) is 21.3 Å². The zero-order chi connectivity index (χ0) is 18.4. The van der Waals surface area contributed by atoms with Crippen molar-refractivity contribution in [2.45, 2.75) is 6.61 Å². The van der Waals surface area contributed by atoms with Gasteiger partial charge in [0, 0.05) is 0 Å². The molecule has 0 saturated heterocycles. The zero-order valence-electron chi connectivity index (χ0n) is 14.0. The van der Waals surface area contributed by atoms with Gasteiger partial charge in [0.25, 0.3) is 0 Å². The third-order valence-corrected chi connectivity index (χ3v) is 3.35. The molecule has 0 unspecified atom stereocenters. The van der Waals surface area contributed by atoms with Crippen molar-refractivity contribution in [2.24, 2.45) is 0 Å². The number of alkyl halides is 2. The molecule has 0 heterocycles. The summed E-state index contributed by atoms with van der Waals surface area (Å²) in [6, 6.07) is 7.66. The summed E-state index contributed by atoms with van der Waals surface area (Å²) in [7, 11) is 4.55. The maximum Gasteiger partial charge on any atom is 0.387 e. The molecule has 0 aromatic heterocycles. The Morgan fingerprint density at radius 3 is 1.92 bits per heavy atom. The van der Waals surface area contributed by atoms with E-state index < -0.39 is 6.61 Å². The first kappa shape index (κ1) is 18.4. The van der Waals surface area contributed by atoms with Gasteiger partial charge in [0.1, 0.15) is 0 Å². The van der Waals surface area contributed by atoms with Crippen molar-refractivity contribution in [1.82, 2.24) is 0 Å². The molecule has 0 atom stereocenters. The first-order valence-electron chi connectivity index (χ1n) is 7.24. The lowest BCUT2D eigenvalue weighted by Gasteiger charge is -2.12. The Kier molecular flexibility index (Phi) is 6.05. The summed E-state index contributed by atoms with van der Waals surface area (Å²) in [6.07, 6.45) is 3.46. The molecule has 0 spiro atoms. The van der Waals surface area contributed by atoms with Crippen LogP contribution in [0.5, 0.6) is 28.7 Å². The van der Waals surface area contributed by atoms with E-state index in [1.165, 1.54) is 33.5 Å². The first-order chi connectivity index (χ1) is 12.0. The molecule has 2 rings (SSSR count). The van der Waals surface area contributed by atoms with Gasteiger partial charge in [-0.3, -0.25) is 0 Å². The molecular weight excluding hydrogens is 334 g/mol. The van der Waals surface area contributed by atoms with E-state index in [0.717, 1.165) is 5.56 Å². The van der Waals surface area contributed by atoms with Crippen molar-refractivity contribution in [3.8, 4) is 28.7 Å². The van der Waals surface area contributed by atoms with Gasteiger partial charge < -0.3 is 24.1 Å². The summed E-state index contributed by atoms with van der Waals surface area (Å²) >= 11 is 0. The molecular formula is C18H18F2O5. The molecule has 7 heteroatoms. The fraction of sp³-hybridized carbons (Fsp3) is 0.222. The normalized spacial score (nSPS) is 11.0. The van der Waals surface area contributed by atoms with Gasteiger partial charge in [0.05, 0.1) is 21.3 Å². The van der Waals surface area contributed by atoms with Crippen molar-refractivity contribution in [3.05, 3.63) is 41.5 Å². The summed E-state index contributed by atoms with van der Waals surface area (Å²) < 4.78 is 44.4. The highest BCUT2D eigenvalue weighted by Gasteiger charge is 2.12.